The maximum Gasteiger partial charge on any atom is 0.318 e. The van der Waals surface area contributed by atoms with Gasteiger partial charge in [0.2, 0.25) is 0 Å². The van der Waals surface area contributed by atoms with Gasteiger partial charge in [-0.2, -0.15) is 17.0 Å². The molecule has 7 heteroatoms. The van der Waals surface area contributed by atoms with Crippen LogP contribution >= 0.6 is 0 Å². The Hall–Kier alpha value is -0.660. The first-order chi connectivity index (χ1) is 6.73. The summed E-state index contributed by atoms with van der Waals surface area (Å²) in [6.45, 7) is 4.78. The van der Waals surface area contributed by atoms with Crippen LogP contribution in [0.25, 0.3) is 0 Å². The molecule has 0 aromatic carbocycles. The summed E-state index contributed by atoms with van der Waals surface area (Å²) in [5.41, 5.74) is 0. The van der Waals surface area contributed by atoms with Crippen LogP contribution in [-0.2, 0) is 15.0 Å². The third kappa shape index (κ3) is 3.77. The summed E-state index contributed by atoms with van der Waals surface area (Å²) in [6, 6.07) is -0.375. The minimum Gasteiger partial charge on any atom is -0.480 e. The zero-order valence-corrected chi connectivity index (χ0v) is 10.3. The normalized spacial score (nSPS) is 12.7. The zero-order valence-electron chi connectivity index (χ0n) is 9.47. The Kier molecular flexibility index (Phi) is 5.19. The molecule has 0 heterocycles. The Balaban J connectivity index is 4.99. The molecule has 0 rings (SSSR count). The van der Waals surface area contributed by atoms with Gasteiger partial charge in [0.05, 0.1) is 0 Å². The fourth-order valence-corrected chi connectivity index (χ4v) is 2.50. The van der Waals surface area contributed by atoms with Gasteiger partial charge >= 0.3 is 5.97 Å². The molecule has 0 unspecified atom stereocenters. The molecule has 0 aliphatic heterocycles. The lowest BCUT2D eigenvalue weighted by Gasteiger charge is -2.28. The van der Waals surface area contributed by atoms with Crippen LogP contribution < -0.4 is 0 Å². The summed E-state index contributed by atoms with van der Waals surface area (Å²) in [6.07, 6.45) is 0. The summed E-state index contributed by atoms with van der Waals surface area (Å²) in [5.74, 6) is -1.16. The van der Waals surface area contributed by atoms with E-state index in [0.717, 1.165) is 8.61 Å². The quantitative estimate of drug-likeness (QED) is 0.705. The van der Waals surface area contributed by atoms with Crippen molar-refractivity contribution in [1.29, 1.82) is 0 Å². The minimum atomic E-state index is -3.66. The van der Waals surface area contributed by atoms with Crippen molar-refractivity contribution >= 4 is 16.2 Å². The van der Waals surface area contributed by atoms with Crippen molar-refractivity contribution in [3.05, 3.63) is 0 Å². The maximum absolute atomic E-state index is 11.8. The molecule has 0 aliphatic carbocycles. The Morgan fingerprint density at radius 1 is 1.40 bits per heavy atom. The number of carbonyl (C=O) groups is 1. The maximum atomic E-state index is 11.8. The van der Waals surface area contributed by atoms with Crippen LogP contribution in [0.15, 0.2) is 0 Å². The molecule has 0 aromatic rings. The van der Waals surface area contributed by atoms with Gasteiger partial charge in [-0.1, -0.05) is 6.92 Å². The lowest BCUT2D eigenvalue weighted by atomic mass is 10.4. The molecular formula is C8H18N2O4S. The highest BCUT2D eigenvalue weighted by atomic mass is 32.2. The van der Waals surface area contributed by atoms with Gasteiger partial charge in [-0.3, -0.25) is 4.79 Å². The second-order valence-electron chi connectivity index (χ2n) is 3.45. The number of hydrogen-bond acceptors (Lipinski definition) is 3. The first-order valence-electron chi connectivity index (χ1n) is 4.68. The van der Waals surface area contributed by atoms with Crippen molar-refractivity contribution < 1.29 is 18.3 Å². The van der Waals surface area contributed by atoms with Crippen molar-refractivity contribution in [3.63, 3.8) is 0 Å². The van der Waals surface area contributed by atoms with E-state index in [9.17, 15) is 13.2 Å². The standard InChI is InChI=1S/C8H18N2O4S/c1-5-9(4)15(13,14)10(7(2)3)6-8(11)12/h7H,5-6H2,1-4H3,(H,11,12). The molecule has 90 valence electrons. The summed E-state index contributed by atoms with van der Waals surface area (Å²) >= 11 is 0. The van der Waals surface area contributed by atoms with E-state index in [1.54, 1.807) is 20.8 Å². The smallest absolute Gasteiger partial charge is 0.318 e. The summed E-state index contributed by atoms with van der Waals surface area (Å²) in [7, 11) is -2.24. The van der Waals surface area contributed by atoms with E-state index in [1.807, 2.05) is 0 Å². The van der Waals surface area contributed by atoms with E-state index in [1.165, 1.54) is 7.05 Å². The molecule has 0 atom stereocenters. The molecule has 0 spiro atoms. The predicted molar refractivity (Wildman–Crippen MR) is 56.7 cm³/mol. The van der Waals surface area contributed by atoms with Crippen molar-refractivity contribution in [2.75, 3.05) is 20.1 Å². The Labute approximate surface area is 90.7 Å². The van der Waals surface area contributed by atoms with Crippen LogP contribution in [-0.4, -0.2) is 54.3 Å². The van der Waals surface area contributed by atoms with Gasteiger partial charge in [0, 0.05) is 19.6 Å². The molecule has 15 heavy (non-hydrogen) atoms. The Bertz CT molecular complexity index is 313. The van der Waals surface area contributed by atoms with Gasteiger partial charge in [0.25, 0.3) is 10.2 Å². The second kappa shape index (κ2) is 5.43. The highest BCUT2D eigenvalue weighted by molar-refractivity contribution is 7.86. The number of carboxylic acid groups (broad SMARTS) is 1. The predicted octanol–water partition coefficient (Wildman–Crippen LogP) is -0.0221. The largest absolute Gasteiger partial charge is 0.480 e. The van der Waals surface area contributed by atoms with Gasteiger partial charge in [0.1, 0.15) is 6.54 Å². The Morgan fingerprint density at radius 3 is 2.13 bits per heavy atom. The molecule has 0 fully saturated rings. The average molecular weight is 238 g/mol. The SMILES string of the molecule is CCN(C)S(=O)(=O)N(CC(=O)O)C(C)C. The topological polar surface area (TPSA) is 77.9 Å². The molecule has 0 amide bonds. The molecule has 0 aromatic heterocycles. The van der Waals surface area contributed by atoms with Gasteiger partial charge in [-0.25, -0.2) is 0 Å². The average Bonchev–Trinajstić information content (AvgIpc) is 2.11. The van der Waals surface area contributed by atoms with Crippen LogP contribution in [0.4, 0.5) is 0 Å². The number of aliphatic carboxylic acids is 1. The van der Waals surface area contributed by atoms with Crippen LogP contribution in [0.1, 0.15) is 20.8 Å². The zero-order chi connectivity index (χ0) is 12.2. The van der Waals surface area contributed by atoms with E-state index in [4.69, 9.17) is 5.11 Å². The monoisotopic (exact) mass is 238 g/mol. The van der Waals surface area contributed by atoms with E-state index in [-0.39, 0.29) is 6.04 Å². The third-order valence-electron chi connectivity index (χ3n) is 2.00. The number of nitrogens with zero attached hydrogens (tertiary/aromatic N) is 2. The van der Waals surface area contributed by atoms with E-state index in [0.29, 0.717) is 6.54 Å². The van der Waals surface area contributed by atoms with E-state index in [2.05, 4.69) is 0 Å². The van der Waals surface area contributed by atoms with Crippen LogP contribution in [0.2, 0.25) is 0 Å². The van der Waals surface area contributed by atoms with E-state index >= 15 is 0 Å². The molecular weight excluding hydrogens is 220 g/mol. The van der Waals surface area contributed by atoms with Crippen LogP contribution in [0.3, 0.4) is 0 Å². The molecule has 0 aliphatic rings. The highest BCUT2D eigenvalue weighted by Crippen LogP contribution is 2.10. The van der Waals surface area contributed by atoms with Gasteiger partial charge < -0.3 is 5.11 Å². The van der Waals surface area contributed by atoms with Crippen molar-refractivity contribution in [1.82, 2.24) is 8.61 Å². The molecule has 6 nitrogen and oxygen atoms in total. The van der Waals surface area contributed by atoms with Gasteiger partial charge in [-0.05, 0) is 13.8 Å². The third-order valence-corrected chi connectivity index (χ3v) is 4.19. The molecule has 0 saturated carbocycles. The fourth-order valence-electron chi connectivity index (χ4n) is 1.01. The molecule has 0 saturated heterocycles. The number of rotatable bonds is 6. The van der Waals surface area contributed by atoms with E-state index < -0.39 is 22.7 Å². The summed E-state index contributed by atoms with van der Waals surface area (Å²) in [4.78, 5) is 10.5. The minimum absolute atomic E-state index is 0.311. The summed E-state index contributed by atoms with van der Waals surface area (Å²) < 4.78 is 25.7. The molecule has 0 radical (unpaired) electrons. The van der Waals surface area contributed by atoms with Crippen molar-refractivity contribution in [2.24, 2.45) is 0 Å². The van der Waals surface area contributed by atoms with Crippen molar-refractivity contribution in [2.45, 2.75) is 26.8 Å². The lowest BCUT2D eigenvalue weighted by Crippen LogP contribution is -2.47. The van der Waals surface area contributed by atoms with Crippen LogP contribution in [0.5, 0.6) is 0 Å². The highest BCUT2D eigenvalue weighted by Gasteiger charge is 2.29. The first-order valence-corrected chi connectivity index (χ1v) is 6.08. The lowest BCUT2D eigenvalue weighted by molar-refractivity contribution is -0.137. The molecule has 0 bridgehead atoms. The Morgan fingerprint density at radius 2 is 1.87 bits per heavy atom. The van der Waals surface area contributed by atoms with Crippen molar-refractivity contribution in [3.8, 4) is 0 Å². The fraction of sp³-hybridized carbons (Fsp3) is 0.875. The van der Waals surface area contributed by atoms with Gasteiger partial charge in [-0.15, -0.1) is 0 Å². The number of hydrogen-bond donors (Lipinski definition) is 1. The first kappa shape index (κ1) is 14.3. The summed E-state index contributed by atoms with van der Waals surface area (Å²) in [5, 5.41) is 8.63. The van der Waals surface area contributed by atoms with Gasteiger partial charge in [0.15, 0.2) is 0 Å². The number of carboxylic acids is 1. The molecule has 1 N–H and O–H groups in total. The second-order valence-corrected chi connectivity index (χ2v) is 5.44. The van der Waals surface area contributed by atoms with Crippen LogP contribution in [0, 0.1) is 0 Å².